The van der Waals surface area contributed by atoms with Crippen LogP contribution in [0.3, 0.4) is 0 Å². The van der Waals surface area contributed by atoms with Gasteiger partial charge in [0.25, 0.3) is 0 Å². The van der Waals surface area contributed by atoms with Crippen LogP contribution in [0.4, 0.5) is 11.4 Å². The van der Waals surface area contributed by atoms with Gasteiger partial charge in [-0.1, -0.05) is 36.4 Å². The number of aryl methyl sites for hydroxylation is 1. The lowest BCUT2D eigenvalue weighted by Crippen LogP contribution is -1.93. The molecule has 0 unspecified atom stereocenters. The van der Waals surface area contributed by atoms with E-state index in [1.165, 1.54) is 5.56 Å². The van der Waals surface area contributed by atoms with E-state index in [2.05, 4.69) is 54.1 Å². The summed E-state index contributed by atoms with van der Waals surface area (Å²) >= 11 is 0. The first-order chi connectivity index (χ1) is 9.76. The number of rotatable bonds is 3. The van der Waals surface area contributed by atoms with Crippen LogP contribution in [0.25, 0.3) is 17.0 Å². The SMILES string of the molecule is C=Cc1cccc(Nc2ccnc3ccc(C)cc23)c1. The van der Waals surface area contributed by atoms with Gasteiger partial charge in [-0.25, -0.2) is 0 Å². The van der Waals surface area contributed by atoms with Crippen LogP contribution in [0.1, 0.15) is 11.1 Å². The maximum absolute atomic E-state index is 4.40. The lowest BCUT2D eigenvalue weighted by atomic mass is 10.1. The molecular weight excluding hydrogens is 244 g/mol. The molecule has 0 saturated carbocycles. The number of nitrogens with one attached hydrogen (secondary N) is 1. The Kier molecular flexibility index (Phi) is 3.21. The summed E-state index contributed by atoms with van der Waals surface area (Å²) in [6.45, 7) is 5.89. The van der Waals surface area contributed by atoms with Crippen molar-refractivity contribution in [2.45, 2.75) is 6.92 Å². The number of pyridine rings is 1. The van der Waals surface area contributed by atoms with Gasteiger partial charge in [0, 0.05) is 23.0 Å². The van der Waals surface area contributed by atoms with E-state index in [1.807, 2.05) is 30.5 Å². The fraction of sp³-hybridized carbons (Fsp3) is 0.0556. The van der Waals surface area contributed by atoms with Crippen molar-refractivity contribution in [3.63, 3.8) is 0 Å². The average molecular weight is 260 g/mol. The van der Waals surface area contributed by atoms with Crippen LogP contribution in [-0.2, 0) is 0 Å². The number of hydrogen-bond acceptors (Lipinski definition) is 2. The molecule has 1 N–H and O–H groups in total. The largest absolute Gasteiger partial charge is 0.355 e. The van der Waals surface area contributed by atoms with Crippen molar-refractivity contribution < 1.29 is 0 Å². The molecule has 3 rings (SSSR count). The fourth-order valence-electron chi connectivity index (χ4n) is 2.27. The van der Waals surface area contributed by atoms with Gasteiger partial charge in [-0.05, 0) is 42.8 Å². The molecule has 3 aromatic rings. The predicted octanol–water partition coefficient (Wildman–Crippen LogP) is 4.93. The molecule has 1 heterocycles. The first-order valence-electron chi connectivity index (χ1n) is 6.61. The summed E-state index contributed by atoms with van der Waals surface area (Å²) in [5, 5.41) is 4.60. The second kappa shape index (κ2) is 5.17. The van der Waals surface area contributed by atoms with Gasteiger partial charge in [0.15, 0.2) is 0 Å². The lowest BCUT2D eigenvalue weighted by molar-refractivity contribution is 1.39. The normalized spacial score (nSPS) is 10.4. The Labute approximate surface area is 118 Å². The zero-order chi connectivity index (χ0) is 13.9. The van der Waals surface area contributed by atoms with Gasteiger partial charge in [0.2, 0.25) is 0 Å². The molecular formula is C18H16N2. The molecule has 0 fully saturated rings. The monoisotopic (exact) mass is 260 g/mol. The molecule has 0 spiro atoms. The molecule has 0 aliphatic carbocycles. The van der Waals surface area contributed by atoms with Crippen molar-refractivity contribution in [2.75, 3.05) is 5.32 Å². The van der Waals surface area contributed by atoms with E-state index in [1.54, 1.807) is 0 Å². The molecule has 20 heavy (non-hydrogen) atoms. The number of anilines is 2. The van der Waals surface area contributed by atoms with Crippen molar-refractivity contribution in [3.8, 4) is 0 Å². The highest BCUT2D eigenvalue weighted by Gasteiger charge is 2.03. The third kappa shape index (κ3) is 2.41. The second-order valence-corrected chi connectivity index (χ2v) is 4.83. The van der Waals surface area contributed by atoms with Crippen molar-refractivity contribution >= 4 is 28.4 Å². The Hall–Kier alpha value is -2.61. The van der Waals surface area contributed by atoms with Crippen LogP contribution < -0.4 is 5.32 Å². The zero-order valence-electron chi connectivity index (χ0n) is 11.4. The number of nitrogens with zero attached hydrogens (tertiary/aromatic N) is 1. The Morgan fingerprint density at radius 2 is 2.00 bits per heavy atom. The summed E-state index contributed by atoms with van der Waals surface area (Å²) in [5.41, 5.74) is 5.45. The maximum Gasteiger partial charge on any atom is 0.0723 e. The minimum atomic E-state index is 1.00. The van der Waals surface area contributed by atoms with E-state index < -0.39 is 0 Å². The molecule has 0 saturated heterocycles. The summed E-state index contributed by atoms with van der Waals surface area (Å²) in [6, 6.07) is 16.5. The van der Waals surface area contributed by atoms with Gasteiger partial charge < -0.3 is 5.32 Å². The van der Waals surface area contributed by atoms with Crippen molar-refractivity contribution in [1.82, 2.24) is 4.98 Å². The van der Waals surface area contributed by atoms with Gasteiger partial charge in [-0.2, -0.15) is 0 Å². The molecule has 0 atom stereocenters. The maximum atomic E-state index is 4.40. The minimum absolute atomic E-state index is 1.00. The highest BCUT2D eigenvalue weighted by Crippen LogP contribution is 2.26. The molecule has 2 nitrogen and oxygen atoms in total. The van der Waals surface area contributed by atoms with E-state index in [-0.39, 0.29) is 0 Å². The first kappa shape index (κ1) is 12.4. The quantitative estimate of drug-likeness (QED) is 0.722. The van der Waals surface area contributed by atoms with Crippen molar-refractivity contribution in [1.29, 1.82) is 0 Å². The Bertz CT molecular complexity index is 775. The van der Waals surface area contributed by atoms with Gasteiger partial charge in [-0.15, -0.1) is 0 Å². The van der Waals surface area contributed by atoms with E-state index in [4.69, 9.17) is 0 Å². The van der Waals surface area contributed by atoms with Crippen LogP contribution >= 0.6 is 0 Å². The standard InChI is InChI=1S/C18H16N2/c1-3-14-5-4-6-15(12-14)20-18-9-10-19-17-8-7-13(2)11-16(17)18/h3-12H,1H2,2H3,(H,19,20). The molecule has 0 bridgehead atoms. The van der Waals surface area contributed by atoms with Crippen LogP contribution in [0, 0.1) is 6.92 Å². The number of fused-ring (bicyclic) bond motifs is 1. The Balaban J connectivity index is 2.05. The van der Waals surface area contributed by atoms with Crippen molar-refractivity contribution in [3.05, 3.63) is 72.4 Å². The minimum Gasteiger partial charge on any atom is -0.355 e. The van der Waals surface area contributed by atoms with Crippen LogP contribution in [0.2, 0.25) is 0 Å². The van der Waals surface area contributed by atoms with Gasteiger partial charge in [0.1, 0.15) is 0 Å². The van der Waals surface area contributed by atoms with E-state index in [9.17, 15) is 0 Å². The second-order valence-electron chi connectivity index (χ2n) is 4.83. The average Bonchev–Trinajstić information content (AvgIpc) is 2.48. The third-order valence-corrected chi connectivity index (χ3v) is 3.30. The summed E-state index contributed by atoms with van der Waals surface area (Å²) in [5.74, 6) is 0. The topological polar surface area (TPSA) is 24.9 Å². The van der Waals surface area contributed by atoms with Crippen LogP contribution in [-0.4, -0.2) is 4.98 Å². The van der Waals surface area contributed by atoms with Gasteiger partial charge in [-0.3, -0.25) is 4.98 Å². The number of aromatic nitrogens is 1. The van der Waals surface area contributed by atoms with Gasteiger partial charge in [0.05, 0.1) is 5.52 Å². The fourth-order valence-corrected chi connectivity index (χ4v) is 2.27. The summed E-state index contributed by atoms with van der Waals surface area (Å²) in [4.78, 5) is 4.40. The molecule has 1 aromatic heterocycles. The summed E-state index contributed by atoms with van der Waals surface area (Å²) in [7, 11) is 0. The summed E-state index contributed by atoms with van der Waals surface area (Å²) < 4.78 is 0. The predicted molar refractivity (Wildman–Crippen MR) is 86.3 cm³/mol. The number of hydrogen-bond donors (Lipinski definition) is 1. The smallest absolute Gasteiger partial charge is 0.0723 e. The molecule has 0 aliphatic heterocycles. The Morgan fingerprint density at radius 1 is 1.10 bits per heavy atom. The summed E-state index contributed by atoms with van der Waals surface area (Å²) in [6.07, 6.45) is 3.68. The molecule has 0 amide bonds. The number of benzene rings is 2. The first-order valence-corrected chi connectivity index (χ1v) is 6.61. The highest BCUT2D eigenvalue weighted by molar-refractivity contribution is 5.93. The van der Waals surface area contributed by atoms with E-state index in [0.29, 0.717) is 0 Å². The zero-order valence-corrected chi connectivity index (χ0v) is 11.4. The molecule has 98 valence electrons. The molecule has 0 radical (unpaired) electrons. The lowest BCUT2D eigenvalue weighted by Gasteiger charge is -2.10. The molecule has 0 aliphatic rings. The molecule has 2 aromatic carbocycles. The van der Waals surface area contributed by atoms with Crippen molar-refractivity contribution in [2.24, 2.45) is 0 Å². The highest BCUT2D eigenvalue weighted by atomic mass is 14.9. The van der Waals surface area contributed by atoms with Crippen LogP contribution in [0.5, 0.6) is 0 Å². The molecule has 2 heteroatoms. The Morgan fingerprint density at radius 3 is 2.85 bits per heavy atom. The van der Waals surface area contributed by atoms with Crippen LogP contribution in [0.15, 0.2) is 61.3 Å². The van der Waals surface area contributed by atoms with Gasteiger partial charge >= 0.3 is 0 Å². The van der Waals surface area contributed by atoms with E-state index >= 15 is 0 Å². The third-order valence-electron chi connectivity index (χ3n) is 3.30. The van der Waals surface area contributed by atoms with E-state index in [0.717, 1.165) is 27.8 Å².